The Labute approximate surface area is 62.4 Å². The average molecular weight is 162 g/mol. The number of alkyl halides is 3. The van der Waals surface area contributed by atoms with Crippen LogP contribution >= 0.6 is 0 Å². The molecule has 0 atom stereocenters. The highest BCUT2D eigenvalue weighted by Crippen LogP contribution is 2.30. The van der Waals surface area contributed by atoms with E-state index in [1.807, 2.05) is 0 Å². The van der Waals surface area contributed by atoms with Crippen molar-refractivity contribution in [3.63, 3.8) is 0 Å². The molecule has 61 valence electrons. The maximum atomic E-state index is 11.9. The molecule has 0 aromatic carbocycles. The lowest BCUT2D eigenvalue weighted by molar-refractivity contribution is -0.0901. The van der Waals surface area contributed by atoms with E-state index in [0.717, 1.165) is 12.5 Å². The van der Waals surface area contributed by atoms with Crippen LogP contribution in [0.2, 0.25) is 0 Å². The molecule has 0 aromatic rings. The van der Waals surface area contributed by atoms with E-state index in [9.17, 15) is 13.2 Å². The van der Waals surface area contributed by atoms with E-state index in [4.69, 9.17) is 5.73 Å². The van der Waals surface area contributed by atoms with E-state index in [0.29, 0.717) is 0 Å². The van der Waals surface area contributed by atoms with Gasteiger partial charge in [-0.15, -0.1) is 0 Å². The minimum Gasteiger partial charge on any atom is -0.399 e. The van der Waals surface area contributed by atoms with Gasteiger partial charge in [0, 0.05) is 11.3 Å². The summed E-state index contributed by atoms with van der Waals surface area (Å²) in [6.45, 7) is 0. The minimum absolute atomic E-state index is 0.180. The van der Waals surface area contributed by atoms with Crippen LogP contribution in [0.3, 0.4) is 0 Å². The van der Waals surface area contributed by atoms with Crippen LogP contribution in [0.4, 0.5) is 13.2 Å². The maximum absolute atomic E-state index is 11.9. The molecule has 1 rings (SSSR count). The van der Waals surface area contributed by atoms with E-state index in [1.54, 1.807) is 0 Å². The molecule has 0 bridgehead atoms. The molecule has 2 N–H and O–H groups in total. The molecule has 4 heteroatoms. The van der Waals surface area contributed by atoms with E-state index >= 15 is 0 Å². The van der Waals surface area contributed by atoms with Crippen molar-refractivity contribution in [2.24, 2.45) is 5.73 Å². The van der Waals surface area contributed by atoms with Gasteiger partial charge in [0.05, 0.1) is 0 Å². The second-order valence-corrected chi connectivity index (χ2v) is 2.24. The zero-order valence-electron chi connectivity index (χ0n) is 5.65. The Kier molecular flexibility index (Phi) is 1.93. The van der Waals surface area contributed by atoms with Crippen LogP contribution in [-0.4, -0.2) is 6.18 Å². The van der Waals surface area contributed by atoms with Crippen LogP contribution in [-0.2, 0) is 0 Å². The van der Waals surface area contributed by atoms with Gasteiger partial charge in [-0.2, -0.15) is 13.2 Å². The molecule has 1 aliphatic rings. The molecule has 0 unspecified atom stereocenters. The molecular formula is C7H7F3N. The minimum atomic E-state index is -4.26. The van der Waals surface area contributed by atoms with Crippen molar-refractivity contribution in [1.29, 1.82) is 0 Å². The van der Waals surface area contributed by atoms with E-state index in [-0.39, 0.29) is 12.1 Å². The van der Waals surface area contributed by atoms with Gasteiger partial charge in [-0.3, -0.25) is 0 Å². The molecule has 1 aliphatic carbocycles. The number of hydrogen-bond acceptors (Lipinski definition) is 1. The molecule has 0 saturated heterocycles. The van der Waals surface area contributed by atoms with Crippen molar-refractivity contribution >= 4 is 0 Å². The number of rotatable bonds is 0. The van der Waals surface area contributed by atoms with Gasteiger partial charge in [-0.25, -0.2) is 0 Å². The number of nitrogens with two attached hydrogens (primary N) is 1. The van der Waals surface area contributed by atoms with E-state index in [2.05, 4.69) is 0 Å². The number of halogens is 3. The SMILES string of the molecule is NC1=CC[CH]C(C(F)(F)F)=C1. The van der Waals surface area contributed by atoms with Crippen LogP contribution in [0.1, 0.15) is 6.42 Å². The molecule has 0 heterocycles. The van der Waals surface area contributed by atoms with E-state index < -0.39 is 11.7 Å². The van der Waals surface area contributed by atoms with Gasteiger partial charge < -0.3 is 5.73 Å². The first-order valence-electron chi connectivity index (χ1n) is 3.08. The summed E-state index contributed by atoms with van der Waals surface area (Å²) in [5, 5.41) is 0. The molecule has 0 spiro atoms. The second kappa shape index (κ2) is 2.60. The molecule has 11 heavy (non-hydrogen) atoms. The molecule has 0 saturated carbocycles. The topological polar surface area (TPSA) is 26.0 Å². The summed E-state index contributed by atoms with van der Waals surface area (Å²) in [6.07, 6.45) is -0.425. The number of hydrogen-bond donors (Lipinski definition) is 1. The van der Waals surface area contributed by atoms with Crippen molar-refractivity contribution in [3.8, 4) is 0 Å². The van der Waals surface area contributed by atoms with Gasteiger partial charge in [-0.1, -0.05) is 6.08 Å². The van der Waals surface area contributed by atoms with Crippen LogP contribution in [0.15, 0.2) is 23.4 Å². The summed E-state index contributed by atoms with van der Waals surface area (Å²) in [5.41, 5.74) is 4.71. The van der Waals surface area contributed by atoms with Crippen molar-refractivity contribution in [2.75, 3.05) is 0 Å². The fourth-order valence-corrected chi connectivity index (χ4v) is 0.817. The summed E-state index contributed by atoms with van der Waals surface area (Å²) < 4.78 is 35.8. The van der Waals surface area contributed by atoms with Gasteiger partial charge in [0.1, 0.15) is 0 Å². The third-order valence-corrected chi connectivity index (χ3v) is 1.34. The lowest BCUT2D eigenvalue weighted by Crippen LogP contribution is -2.15. The van der Waals surface area contributed by atoms with Gasteiger partial charge in [0.15, 0.2) is 0 Å². The monoisotopic (exact) mass is 162 g/mol. The Morgan fingerprint density at radius 1 is 1.36 bits per heavy atom. The van der Waals surface area contributed by atoms with Gasteiger partial charge in [0.2, 0.25) is 0 Å². The Morgan fingerprint density at radius 3 is 2.36 bits per heavy atom. The third-order valence-electron chi connectivity index (χ3n) is 1.34. The summed E-state index contributed by atoms with van der Waals surface area (Å²) in [4.78, 5) is 0. The van der Waals surface area contributed by atoms with Gasteiger partial charge >= 0.3 is 6.18 Å². The first-order chi connectivity index (χ1) is 5.00. The summed E-state index contributed by atoms with van der Waals surface area (Å²) >= 11 is 0. The van der Waals surface area contributed by atoms with E-state index in [1.165, 1.54) is 6.08 Å². The highest BCUT2D eigenvalue weighted by Gasteiger charge is 2.33. The second-order valence-electron chi connectivity index (χ2n) is 2.24. The Bertz CT molecular complexity index is 212. The molecule has 0 aliphatic heterocycles. The predicted molar refractivity (Wildman–Crippen MR) is 35.3 cm³/mol. The lowest BCUT2D eigenvalue weighted by atomic mass is 10.0. The number of allylic oxidation sites excluding steroid dienone is 3. The molecule has 0 amide bonds. The summed E-state index contributed by atoms with van der Waals surface area (Å²) in [5.74, 6) is 0. The van der Waals surface area contributed by atoms with Crippen molar-refractivity contribution in [1.82, 2.24) is 0 Å². The fourth-order valence-electron chi connectivity index (χ4n) is 0.817. The smallest absolute Gasteiger partial charge is 0.399 e. The molecule has 0 fully saturated rings. The Morgan fingerprint density at radius 2 is 2.00 bits per heavy atom. The van der Waals surface area contributed by atoms with Gasteiger partial charge in [0.25, 0.3) is 0 Å². The van der Waals surface area contributed by atoms with Crippen LogP contribution in [0.25, 0.3) is 0 Å². The zero-order chi connectivity index (χ0) is 8.48. The molecular weight excluding hydrogens is 155 g/mol. The van der Waals surface area contributed by atoms with Crippen LogP contribution in [0, 0.1) is 6.42 Å². The first kappa shape index (κ1) is 8.17. The highest BCUT2D eigenvalue weighted by atomic mass is 19.4. The van der Waals surface area contributed by atoms with Crippen LogP contribution in [0.5, 0.6) is 0 Å². The lowest BCUT2D eigenvalue weighted by Gasteiger charge is -2.13. The average Bonchev–Trinajstić information content (AvgIpc) is 1.86. The standard InChI is InChI=1S/C7H7F3N/c8-7(9,10)5-2-1-3-6(11)4-5/h2-4H,1,11H2. The summed E-state index contributed by atoms with van der Waals surface area (Å²) in [6, 6.07) is 0. The molecule has 1 radical (unpaired) electrons. The predicted octanol–water partition coefficient (Wildman–Crippen LogP) is 1.93. The largest absolute Gasteiger partial charge is 0.413 e. The van der Waals surface area contributed by atoms with Crippen molar-refractivity contribution in [2.45, 2.75) is 12.6 Å². The Hall–Kier alpha value is -0.930. The van der Waals surface area contributed by atoms with Crippen LogP contribution < -0.4 is 5.73 Å². The Balaban J connectivity index is 2.82. The zero-order valence-corrected chi connectivity index (χ0v) is 5.65. The van der Waals surface area contributed by atoms with Gasteiger partial charge in [-0.05, 0) is 18.9 Å². The van der Waals surface area contributed by atoms with Crippen molar-refractivity contribution in [3.05, 3.63) is 29.8 Å². The summed E-state index contributed by atoms with van der Waals surface area (Å²) in [7, 11) is 0. The third kappa shape index (κ3) is 2.00. The maximum Gasteiger partial charge on any atom is 0.413 e. The quantitative estimate of drug-likeness (QED) is 0.578. The first-order valence-corrected chi connectivity index (χ1v) is 3.08. The van der Waals surface area contributed by atoms with Crippen molar-refractivity contribution < 1.29 is 13.2 Å². The normalized spacial score (nSPS) is 19.2. The molecule has 0 aromatic heterocycles. The molecule has 1 nitrogen and oxygen atoms in total. The fraction of sp³-hybridized carbons (Fsp3) is 0.286. The highest BCUT2D eigenvalue weighted by molar-refractivity contribution is 5.34.